The number of anilines is 1. The minimum Gasteiger partial charge on any atom is -0.355 e. The summed E-state index contributed by atoms with van der Waals surface area (Å²) in [4.78, 5) is 6.36. The Bertz CT molecular complexity index is 1430. The molecule has 0 saturated carbocycles. The number of hydrogen-bond donors (Lipinski definition) is 0. The second kappa shape index (κ2) is 11.2. The van der Waals surface area contributed by atoms with Crippen molar-refractivity contribution in [2.75, 3.05) is 24.5 Å². The molecule has 0 amide bonds. The fourth-order valence-corrected chi connectivity index (χ4v) is 6.20. The second-order valence-corrected chi connectivity index (χ2v) is 11.1. The van der Waals surface area contributed by atoms with Gasteiger partial charge in [-0.25, -0.2) is 8.42 Å². The zero-order chi connectivity index (χ0) is 25.9. The monoisotopic (exact) mass is 545 g/mol. The van der Waals surface area contributed by atoms with Crippen LogP contribution in [0.15, 0.2) is 65.8 Å². The van der Waals surface area contributed by atoms with Crippen molar-refractivity contribution in [3.63, 3.8) is 0 Å². The lowest BCUT2D eigenvalue weighted by Gasteiger charge is -2.21. The third-order valence-corrected chi connectivity index (χ3v) is 8.86. The first-order valence-corrected chi connectivity index (χ1v) is 14.1. The minimum absolute atomic E-state index is 0.231. The zero-order valence-electron chi connectivity index (χ0n) is 20.5. The van der Waals surface area contributed by atoms with E-state index in [1.54, 1.807) is 42.7 Å². The van der Waals surface area contributed by atoms with Crippen molar-refractivity contribution >= 4 is 49.9 Å². The molecule has 36 heavy (non-hydrogen) atoms. The molecule has 0 fully saturated rings. The molecule has 0 bridgehead atoms. The van der Waals surface area contributed by atoms with E-state index < -0.39 is 10.0 Å². The van der Waals surface area contributed by atoms with Crippen molar-refractivity contribution in [2.24, 2.45) is 0 Å². The molecule has 2 aromatic carbocycles. The van der Waals surface area contributed by atoms with E-state index in [1.807, 2.05) is 43.7 Å². The van der Waals surface area contributed by atoms with Crippen LogP contribution in [0, 0.1) is 0 Å². The Balaban J connectivity index is 1.80. The smallest absolute Gasteiger partial charge is 0.243 e. The van der Waals surface area contributed by atoms with Crippen LogP contribution in [0.4, 0.5) is 5.82 Å². The summed E-state index contributed by atoms with van der Waals surface area (Å²) in [6.07, 6.45) is 3.33. The molecule has 4 aromatic rings. The summed E-state index contributed by atoms with van der Waals surface area (Å²) in [5.41, 5.74) is 2.45. The molecule has 2 heterocycles. The lowest BCUT2D eigenvalue weighted by Crippen LogP contribution is -2.30. The molecule has 0 aliphatic rings. The van der Waals surface area contributed by atoms with Crippen LogP contribution >= 0.6 is 23.2 Å². The van der Waals surface area contributed by atoms with E-state index in [9.17, 15) is 8.42 Å². The number of pyridine rings is 1. The van der Waals surface area contributed by atoms with Crippen LogP contribution in [0.2, 0.25) is 10.0 Å². The average molecular weight is 547 g/mol. The average Bonchev–Trinajstić information content (AvgIpc) is 3.23. The lowest BCUT2D eigenvalue weighted by atomic mass is 10.2. The number of benzene rings is 2. The SMILES string of the molecule is CCN(CC)c1nn(Cc2c(Cl)cccc2Cl)c2ccc(S(=O)(=O)N(CC)Cc3ccncc3)cc12. The van der Waals surface area contributed by atoms with Crippen molar-refractivity contribution in [3.05, 3.63) is 82.1 Å². The van der Waals surface area contributed by atoms with Gasteiger partial charge in [0.05, 0.1) is 17.0 Å². The third-order valence-electron chi connectivity index (χ3n) is 6.23. The van der Waals surface area contributed by atoms with Gasteiger partial charge in [0.1, 0.15) is 0 Å². The number of aromatic nitrogens is 3. The molecule has 0 atom stereocenters. The first-order chi connectivity index (χ1) is 17.3. The van der Waals surface area contributed by atoms with E-state index in [0.29, 0.717) is 23.1 Å². The first kappa shape index (κ1) is 26.4. The van der Waals surface area contributed by atoms with Crippen LogP contribution in [0.5, 0.6) is 0 Å². The minimum atomic E-state index is -3.74. The van der Waals surface area contributed by atoms with Crippen molar-refractivity contribution in [1.29, 1.82) is 0 Å². The van der Waals surface area contributed by atoms with E-state index in [2.05, 4.69) is 9.88 Å². The van der Waals surface area contributed by atoms with Crippen LogP contribution in [0.1, 0.15) is 31.9 Å². The molecule has 4 rings (SSSR count). The molecular weight excluding hydrogens is 517 g/mol. The highest BCUT2D eigenvalue weighted by Crippen LogP contribution is 2.32. The highest BCUT2D eigenvalue weighted by molar-refractivity contribution is 7.89. The van der Waals surface area contributed by atoms with Gasteiger partial charge in [-0.15, -0.1) is 0 Å². The van der Waals surface area contributed by atoms with E-state index in [0.717, 1.165) is 40.9 Å². The van der Waals surface area contributed by atoms with Gasteiger partial charge in [-0.05, 0) is 61.9 Å². The number of halogens is 2. The van der Waals surface area contributed by atoms with Crippen LogP contribution in [-0.2, 0) is 23.1 Å². The fourth-order valence-electron chi connectivity index (χ4n) is 4.22. The summed E-state index contributed by atoms with van der Waals surface area (Å²) < 4.78 is 30.6. The van der Waals surface area contributed by atoms with Gasteiger partial charge in [0.15, 0.2) is 5.82 Å². The standard InChI is InChI=1S/C26H29Cl2N5O2S/c1-4-31(5-2)26-21-16-20(36(34,35)32(6-3)17-19-12-14-29-15-13-19)10-11-25(21)33(30-26)18-22-23(27)8-7-9-24(22)28/h7-16H,4-6,17-18H2,1-3H3. The number of nitrogens with zero attached hydrogens (tertiary/aromatic N) is 5. The summed E-state index contributed by atoms with van der Waals surface area (Å²) in [5, 5.41) is 6.76. The highest BCUT2D eigenvalue weighted by Gasteiger charge is 2.26. The van der Waals surface area contributed by atoms with E-state index in [4.69, 9.17) is 28.3 Å². The van der Waals surface area contributed by atoms with Crippen molar-refractivity contribution in [1.82, 2.24) is 19.1 Å². The van der Waals surface area contributed by atoms with Crippen LogP contribution in [0.3, 0.4) is 0 Å². The topological polar surface area (TPSA) is 71.3 Å². The maximum atomic E-state index is 13.7. The number of sulfonamides is 1. The van der Waals surface area contributed by atoms with Gasteiger partial charge < -0.3 is 4.90 Å². The van der Waals surface area contributed by atoms with E-state index >= 15 is 0 Å². The fraction of sp³-hybridized carbons (Fsp3) is 0.308. The molecule has 2 aromatic heterocycles. The highest BCUT2D eigenvalue weighted by atomic mass is 35.5. The third kappa shape index (κ3) is 5.22. The molecule has 0 N–H and O–H groups in total. The molecule has 0 radical (unpaired) electrons. The van der Waals surface area contributed by atoms with Crippen molar-refractivity contribution < 1.29 is 8.42 Å². The molecule has 0 spiro atoms. The molecule has 0 unspecified atom stereocenters. The maximum absolute atomic E-state index is 13.7. The number of rotatable bonds is 10. The van der Waals surface area contributed by atoms with Crippen LogP contribution in [-0.4, -0.2) is 47.1 Å². The summed E-state index contributed by atoms with van der Waals surface area (Å²) in [5.74, 6) is 0.729. The van der Waals surface area contributed by atoms with Gasteiger partial charge in [-0.2, -0.15) is 9.40 Å². The van der Waals surface area contributed by atoms with Gasteiger partial charge in [-0.1, -0.05) is 36.2 Å². The Labute approximate surface area is 222 Å². The quantitative estimate of drug-likeness (QED) is 0.250. The molecular formula is C26H29Cl2N5O2S. The summed E-state index contributed by atoms with van der Waals surface area (Å²) in [7, 11) is -3.74. The molecule has 0 aliphatic heterocycles. The summed E-state index contributed by atoms with van der Waals surface area (Å²) >= 11 is 12.9. The van der Waals surface area contributed by atoms with Gasteiger partial charge in [0.25, 0.3) is 0 Å². The van der Waals surface area contributed by atoms with Crippen LogP contribution in [0.25, 0.3) is 10.9 Å². The van der Waals surface area contributed by atoms with Gasteiger partial charge in [0, 0.05) is 59.6 Å². The van der Waals surface area contributed by atoms with Gasteiger partial charge in [-0.3, -0.25) is 9.67 Å². The normalized spacial score (nSPS) is 11.9. The lowest BCUT2D eigenvalue weighted by molar-refractivity contribution is 0.423. The Morgan fingerprint density at radius 3 is 2.19 bits per heavy atom. The van der Waals surface area contributed by atoms with Gasteiger partial charge in [0.2, 0.25) is 10.0 Å². The molecule has 0 saturated heterocycles. The first-order valence-electron chi connectivity index (χ1n) is 11.9. The zero-order valence-corrected chi connectivity index (χ0v) is 22.9. The Hall–Kier alpha value is -2.65. The Kier molecular flexibility index (Phi) is 8.20. The largest absolute Gasteiger partial charge is 0.355 e. The molecule has 7 nitrogen and oxygen atoms in total. The van der Waals surface area contributed by atoms with Crippen molar-refractivity contribution in [3.8, 4) is 0 Å². The molecule has 190 valence electrons. The molecule has 10 heteroatoms. The van der Waals surface area contributed by atoms with Crippen molar-refractivity contribution in [2.45, 2.75) is 38.8 Å². The second-order valence-electron chi connectivity index (χ2n) is 8.32. The number of fused-ring (bicyclic) bond motifs is 1. The van der Waals surface area contributed by atoms with Crippen LogP contribution < -0.4 is 4.90 Å². The van der Waals surface area contributed by atoms with Gasteiger partial charge >= 0.3 is 0 Å². The predicted molar refractivity (Wildman–Crippen MR) is 146 cm³/mol. The maximum Gasteiger partial charge on any atom is 0.243 e. The van der Waals surface area contributed by atoms with E-state index in [-0.39, 0.29) is 11.4 Å². The molecule has 0 aliphatic carbocycles. The Morgan fingerprint density at radius 1 is 0.917 bits per heavy atom. The van der Waals surface area contributed by atoms with E-state index in [1.165, 1.54) is 4.31 Å². The summed E-state index contributed by atoms with van der Waals surface area (Å²) in [6.45, 7) is 8.38. The summed E-state index contributed by atoms with van der Waals surface area (Å²) in [6, 6.07) is 14.2. The predicted octanol–water partition coefficient (Wildman–Crippen LogP) is 5.84. The Morgan fingerprint density at radius 2 is 1.58 bits per heavy atom. The number of hydrogen-bond acceptors (Lipinski definition) is 5.